The maximum absolute atomic E-state index is 12.2. The van der Waals surface area contributed by atoms with Crippen LogP contribution < -0.4 is 0 Å². The largest absolute Gasteiger partial charge is 0.444 e. The van der Waals surface area contributed by atoms with E-state index in [-0.39, 0.29) is 13.0 Å². The zero-order chi connectivity index (χ0) is 18.4. The number of hydroxylamine groups is 2. The molecule has 1 aromatic rings. The van der Waals surface area contributed by atoms with Crippen molar-refractivity contribution in [1.82, 2.24) is 9.96 Å². The zero-order valence-electron chi connectivity index (χ0n) is 14.8. The fraction of sp³-hybridized carbons (Fsp3) is 0.500. The van der Waals surface area contributed by atoms with Gasteiger partial charge in [0.25, 0.3) is 0 Å². The molecule has 0 bridgehead atoms. The fourth-order valence-corrected chi connectivity index (χ4v) is 2.49. The average molecular weight is 348 g/mol. The smallest absolute Gasteiger partial charge is 0.410 e. The number of amides is 1. The highest BCUT2D eigenvalue weighted by Gasteiger charge is 2.34. The molecule has 7 nitrogen and oxygen atoms in total. The van der Waals surface area contributed by atoms with Gasteiger partial charge in [0, 0.05) is 19.5 Å². The Kier molecular flexibility index (Phi) is 6.14. The van der Waals surface area contributed by atoms with Gasteiger partial charge in [-0.3, -0.25) is 0 Å². The van der Waals surface area contributed by atoms with Gasteiger partial charge in [-0.2, -0.15) is 0 Å². The maximum atomic E-state index is 12.2. The molecule has 0 N–H and O–H groups in total. The first kappa shape index (κ1) is 18.9. The van der Waals surface area contributed by atoms with Gasteiger partial charge < -0.3 is 19.3 Å². The van der Waals surface area contributed by atoms with E-state index < -0.39 is 23.7 Å². The standard InChI is InChI=1S/C18H24N2O5/c1-18(2,3)24-17(23)19-10-11-20(15(13-19)9-12-21)25-16(22)14-7-5-4-6-8-14/h4-8,12,15H,9-11,13H2,1-3H3/t15-/m0/s1. The van der Waals surface area contributed by atoms with Crippen LogP contribution in [0.1, 0.15) is 37.6 Å². The molecular weight excluding hydrogens is 324 g/mol. The van der Waals surface area contributed by atoms with E-state index in [1.165, 1.54) is 9.96 Å². The van der Waals surface area contributed by atoms with E-state index >= 15 is 0 Å². The molecule has 1 aliphatic rings. The Labute approximate surface area is 147 Å². The van der Waals surface area contributed by atoms with Gasteiger partial charge in [0.05, 0.1) is 18.2 Å². The van der Waals surface area contributed by atoms with Crippen LogP contribution in [0.5, 0.6) is 0 Å². The predicted octanol–water partition coefficient (Wildman–Crippen LogP) is 2.27. The molecule has 0 spiro atoms. The zero-order valence-corrected chi connectivity index (χ0v) is 14.8. The molecule has 0 saturated carbocycles. The second-order valence-corrected chi connectivity index (χ2v) is 6.87. The van der Waals surface area contributed by atoms with Gasteiger partial charge in [0.2, 0.25) is 0 Å². The van der Waals surface area contributed by atoms with Crippen LogP contribution in [0.4, 0.5) is 4.79 Å². The number of hydrogen-bond donors (Lipinski definition) is 0. The van der Waals surface area contributed by atoms with Crippen molar-refractivity contribution in [2.24, 2.45) is 0 Å². The summed E-state index contributed by atoms with van der Waals surface area (Å²) in [4.78, 5) is 42.4. The Morgan fingerprint density at radius 2 is 1.88 bits per heavy atom. The van der Waals surface area contributed by atoms with E-state index in [0.717, 1.165) is 6.29 Å². The van der Waals surface area contributed by atoms with E-state index in [2.05, 4.69) is 0 Å². The summed E-state index contributed by atoms with van der Waals surface area (Å²) in [6.07, 6.45) is 0.478. The number of rotatable bonds is 4. The monoisotopic (exact) mass is 348 g/mol. The van der Waals surface area contributed by atoms with Crippen LogP contribution >= 0.6 is 0 Å². The summed E-state index contributed by atoms with van der Waals surface area (Å²) in [5, 5.41) is 1.48. The molecule has 0 unspecified atom stereocenters. The van der Waals surface area contributed by atoms with Crippen LogP contribution in [0.2, 0.25) is 0 Å². The van der Waals surface area contributed by atoms with Gasteiger partial charge in [-0.25, -0.2) is 9.59 Å². The number of carbonyl (C=O) groups is 3. The van der Waals surface area contributed by atoms with Crippen LogP contribution in [0.25, 0.3) is 0 Å². The first-order chi connectivity index (χ1) is 11.8. The molecule has 136 valence electrons. The van der Waals surface area contributed by atoms with Crippen molar-refractivity contribution >= 4 is 18.3 Å². The third kappa shape index (κ3) is 5.56. The highest BCUT2D eigenvalue weighted by Crippen LogP contribution is 2.17. The molecule has 1 fully saturated rings. The van der Waals surface area contributed by atoms with E-state index in [0.29, 0.717) is 18.7 Å². The lowest BCUT2D eigenvalue weighted by Gasteiger charge is -2.39. The van der Waals surface area contributed by atoms with Crippen LogP contribution in [0.3, 0.4) is 0 Å². The quantitative estimate of drug-likeness (QED) is 0.777. The topological polar surface area (TPSA) is 76.2 Å². The minimum absolute atomic E-state index is 0.154. The SMILES string of the molecule is CC(C)(C)OC(=O)N1CCN(OC(=O)c2ccccc2)[C@@H](CC=O)C1. The van der Waals surface area contributed by atoms with Crippen molar-refractivity contribution < 1.29 is 24.0 Å². The highest BCUT2D eigenvalue weighted by molar-refractivity contribution is 5.89. The van der Waals surface area contributed by atoms with Gasteiger partial charge in [-0.1, -0.05) is 18.2 Å². The molecule has 7 heteroatoms. The number of carbonyl (C=O) groups excluding carboxylic acids is 3. The molecule has 0 radical (unpaired) electrons. The molecule has 1 atom stereocenters. The predicted molar refractivity (Wildman–Crippen MR) is 90.8 cm³/mol. The Balaban J connectivity index is 2.00. The second-order valence-electron chi connectivity index (χ2n) is 6.87. The van der Waals surface area contributed by atoms with Crippen LogP contribution in [-0.2, 0) is 14.4 Å². The fourth-order valence-electron chi connectivity index (χ4n) is 2.49. The van der Waals surface area contributed by atoms with Crippen molar-refractivity contribution in [3.8, 4) is 0 Å². The molecule has 0 aromatic heterocycles. The normalized spacial score (nSPS) is 18.5. The first-order valence-corrected chi connectivity index (χ1v) is 8.25. The number of piperazine rings is 1. The van der Waals surface area contributed by atoms with Gasteiger partial charge in [0.1, 0.15) is 11.9 Å². The van der Waals surface area contributed by atoms with Crippen LogP contribution in [0.15, 0.2) is 30.3 Å². The minimum Gasteiger partial charge on any atom is -0.444 e. The molecular formula is C18H24N2O5. The molecule has 25 heavy (non-hydrogen) atoms. The van der Waals surface area contributed by atoms with Crippen molar-refractivity contribution in [2.75, 3.05) is 19.6 Å². The van der Waals surface area contributed by atoms with Gasteiger partial charge in [0.15, 0.2) is 0 Å². The number of nitrogens with zero attached hydrogens (tertiary/aromatic N) is 2. The summed E-state index contributed by atoms with van der Waals surface area (Å²) in [6, 6.07) is 8.24. The average Bonchev–Trinajstić information content (AvgIpc) is 2.55. The summed E-state index contributed by atoms with van der Waals surface area (Å²) in [5.41, 5.74) is -0.157. The van der Waals surface area contributed by atoms with E-state index in [1.807, 2.05) is 6.07 Å². The first-order valence-electron chi connectivity index (χ1n) is 8.25. The Hall–Kier alpha value is -2.41. The lowest BCUT2D eigenvalue weighted by Crippen LogP contribution is -2.55. The Morgan fingerprint density at radius 3 is 2.48 bits per heavy atom. The summed E-state index contributed by atoms with van der Waals surface area (Å²) in [6.45, 7) is 6.32. The number of ether oxygens (including phenoxy) is 1. The second kappa shape index (κ2) is 8.11. The third-order valence-electron chi connectivity index (χ3n) is 3.66. The minimum atomic E-state index is -0.589. The van der Waals surface area contributed by atoms with Crippen LogP contribution in [-0.4, -0.2) is 59.6 Å². The summed E-state index contributed by atoms with van der Waals surface area (Å²) < 4.78 is 5.36. The van der Waals surface area contributed by atoms with Crippen molar-refractivity contribution in [3.63, 3.8) is 0 Å². The van der Waals surface area contributed by atoms with E-state index in [4.69, 9.17) is 9.57 Å². The van der Waals surface area contributed by atoms with Gasteiger partial charge >= 0.3 is 12.1 Å². The maximum Gasteiger partial charge on any atom is 0.410 e. The highest BCUT2D eigenvalue weighted by atomic mass is 16.7. The van der Waals surface area contributed by atoms with Crippen LogP contribution in [0, 0.1) is 0 Å². The summed E-state index contributed by atoms with van der Waals surface area (Å²) >= 11 is 0. The molecule has 1 aliphatic heterocycles. The van der Waals surface area contributed by atoms with E-state index in [1.54, 1.807) is 45.0 Å². The molecule has 1 aromatic carbocycles. The Morgan fingerprint density at radius 1 is 1.20 bits per heavy atom. The summed E-state index contributed by atoms with van der Waals surface area (Å²) in [7, 11) is 0. The molecule has 1 saturated heterocycles. The molecule has 1 amide bonds. The third-order valence-corrected chi connectivity index (χ3v) is 3.66. The van der Waals surface area contributed by atoms with Gasteiger partial charge in [-0.05, 0) is 32.9 Å². The number of benzene rings is 1. The lowest BCUT2D eigenvalue weighted by atomic mass is 10.1. The molecule has 1 heterocycles. The molecule has 0 aliphatic carbocycles. The number of hydrogen-bond acceptors (Lipinski definition) is 6. The van der Waals surface area contributed by atoms with Crippen molar-refractivity contribution in [2.45, 2.75) is 38.8 Å². The number of aldehydes is 1. The van der Waals surface area contributed by atoms with Crippen molar-refractivity contribution in [3.05, 3.63) is 35.9 Å². The Bertz CT molecular complexity index is 612. The summed E-state index contributed by atoms with van der Waals surface area (Å²) in [5.74, 6) is -0.484. The lowest BCUT2D eigenvalue weighted by molar-refractivity contribution is -0.162. The van der Waals surface area contributed by atoms with E-state index in [9.17, 15) is 14.4 Å². The molecule has 2 rings (SSSR count). The van der Waals surface area contributed by atoms with Gasteiger partial charge in [-0.15, -0.1) is 5.06 Å². The van der Waals surface area contributed by atoms with Crippen molar-refractivity contribution in [1.29, 1.82) is 0 Å².